The summed E-state index contributed by atoms with van der Waals surface area (Å²) in [6.07, 6.45) is 5.92. The van der Waals surface area contributed by atoms with Crippen molar-refractivity contribution in [3.8, 4) is 0 Å². The standard InChI is InChI=1S/C9H13NO2/c11-9(8-4-7-12-8)10-5-2-1-3-6-10/h1-2,8H,3-7H2. The predicted molar refractivity (Wildman–Crippen MR) is 44.7 cm³/mol. The van der Waals surface area contributed by atoms with E-state index in [1.54, 1.807) is 0 Å². The van der Waals surface area contributed by atoms with E-state index in [-0.39, 0.29) is 12.0 Å². The summed E-state index contributed by atoms with van der Waals surface area (Å²) >= 11 is 0. The van der Waals surface area contributed by atoms with Crippen molar-refractivity contribution >= 4 is 5.91 Å². The van der Waals surface area contributed by atoms with Gasteiger partial charge in [0.1, 0.15) is 6.10 Å². The fourth-order valence-corrected chi connectivity index (χ4v) is 1.48. The molecular formula is C9H13NO2. The molecule has 2 aliphatic rings. The highest BCUT2D eigenvalue weighted by Crippen LogP contribution is 2.15. The van der Waals surface area contributed by atoms with E-state index >= 15 is 0 Å². The van der Waals surface area contributed by atoms with Crippen molar-refractivity contribution < 1.29 is 9.53 Å². The minimum absolute atomic E-state index is 0.128. The summed E-state index contributed by atoms with van der Waals surface area (Å²) in [5, 5.41) is 0. The van der Waals surface area contributed by atoms with Gasteiger partial charge in [0.05, 0.1) is 6.61 Å². The number of amides is 1. The zero-order chi connectivity index (χ0) is 8.39. The Bertz CT molecular complexity index is 209. The Hall–Kier alpha value is -0.830. The second-order valence-electron chi connectivity index (χ2n) is 3.19. The van der Waals surface area contributed by atoms with Crippen LogP contribution in [0.25, 0.3) is 0 Å². The van der Waals surface area contributed by atoms with E-state index in [0.29, 0.717) is 0 Å². The van der Waals surface area contributed by atoms with Crippen LogP contribution >= 0.6 is 0 Å². The highest BCUT2D eigenvalue weighted by Gasteiger charge is 2.30. The summed E-state index contributed by atoms with van der Waals surface area (Å²) in [4.78, 5) is 13.4. The third-order valence-electron chi connectivity index (χ3n) is 2.34. The summed E-state index contributed by atoms with van der Waals surface area (Å²) in [7, 11) is 0. The SMILES string of the molecule is O=C(C1CCO1)N1CC=CCC1. The smallest absolute Gasteiger partial charge is 0.252 e. The lowest BCUT2D eigenvalue weighted by molar-refractivity contribution is -0.155. The normalized spacial score (nSPS) is 28.3. The van der Waals surface area contributed by atoms with Gasteiger partial charge in [-0.25, -0.2) is 0 Å². The molecule has 1 amide bonds. The molecule has 1 saturated heterocycles. The van der Waals surface area contributed by atoms with Gasteiger partial charge >= 0.3 is 0 Å². The first-order valence-electron chi connectivity index (χ1n) is 4.43. The summed E-state index contributed by atoms with van der Waals surface area (Å²) < 4.78 is 5.13. The number of carbonyl (C=O) groups excluding carboxylic acids is 1. The minimum Gasteiger partial charge on any atom is -0.368 e. The molecule has 3 heteroatoms. The molecule has 3 nitrogen and oxygen atoms in total. The third kappa shape index (κ3) is 1.37. The van der Waals surface area contributed by atoms with Gasteiger partial charge in [0.25, 0.3) is 5.91 Å². The van der Waals surface area contributed by atoms with Crippen molar-refractivity contribution in [2.45, 2.75) is 18.9 Å². The summed E-state index contributed by atoms with van der Waals surface area (Å²) in [5.74, 6) is 0.172. The Morgan fingerprint density at radius 3 is 2.83 bits per heavy atom. The van der Waals surface area contributed by atoms with Crippen LogP contribution in [0, 0.1) is 0 Å². The lowest BCUT2D eigenvalue weighted by Crippen LogP contribution is -2.46. The lowest BCUT2D eigenvalue weighted by atomic mass is 10.1. The molecule has 0 spiro atoms. The van der Waals surface area contributed by atoms with Crippen molar-refractivity contribution in [1.82, 2.24) is 4.90 Å². The predicted octanol–water partition coefficient (Wildman–Crippen LogP) is 0.564. The monoisotopic (exact) mass is 167 g/mol. The summed E-state index contributed by atoms with van der Waals surface area (Å²) in [6.45, 7) is 2.37. The molecule has 66 valence electrons. The summed E-state index contributed by atoms with van der Waals surface area (Å²) in [6, 6.07) is 0. The van der Waals surface area contributed by atoms with Crippen LogP contribution in [-0.4, -0.2) is 36.6 Å². The van der Waals surface area contributed by atoms with E-state index in [2.05, 4.69) is 6.08 Å². The largest absolute Gasteiger partial charge is 0.368 e. The van der Waals surface area contributed by atoms with Gasteiger partial charge in [0, 0.05) is 19.5 Å². The maximum absolute atomic E-state index is 11.5. The van der Waals surface area contributed by atoms with Crippen LogP contribution in [0.5, 0.6) is 0 Å². The van der Waals surface area contributed by atoms with Gasteiger partial charge in [0.2, 0.25) is 0 Å². The van der Waals surface area contributed by atoms with E-state index in [0.717, 1.165) is 32.5 Å². The molecule has 0 saturated carbocycles. The van der Waals surface area contributed by atoms with E-state index in [4.69, 9.17) is 4.74 Å². The topological polar surface area (TPSA) is 29.5 Å². The fourth-order valence-electron chi connectivity index (χ4n) is 1.48. The first kappa shape index (κ1) is 7.80. The van der Waals surface area contributed by atoms with Gasteiger partial charge < -0.3 is 9.64 Å². The molecule has 1 unspecified atom stereocenters. The van der Waals surface area contributed by atoms with Crippen LogP contribution in [0.15, 0.2) is 12.2 Å². The van der Waals surface area contributed by atoms with Crippen LogP contribution < -0.4 is 0 Å². The van der Waals surface area contributed by atoms with Crippen LogP contribution in [0.4, 0.5) is 0 Å². The van der Waals surface area contributed by atoms with E-state index < -0.39 is 0 Å². The van der Waals surface area contributed by atoms with Crippen LogP contribution in [-0.2, 0) is 9.53 Å². The average Bonchev–Trinajstić information content (AvgIpc) is 2.03. The molecule has 1 fully saturated rings. The Labute approximate surface area is 72.0 Å². The molecule has 0 aromatic heterocycles. The molecule has 2 heterocycles. The molecule has 0 aliphatic carbocycles. The van der Waals surface area contributed by atoms with Crippen molar-refractivity contribution in [3.63, 3.8) is 0 Å². The van der Waals surface area contributed by atoms with E-state index in [1.807, 2.05) is 11.0 Å². The third-order valence-corrected chi connectivity index (χ3v) is 2.34. The molecule has 0 radical (unpaired) electrons. The number of carbonyl (C=O) groups is 1. The number of ether oxygens (including phenoxy) is 1. The maximum Gasteiger partial charge on any atom is 0.252 e. The lowest BCUT2D eigenvalue weighted by Gasteiger charge is -2.32. The Morgan fingerprint density at radius 1 is 1.50 bits per heavy atom. The molecular weight excluding hydrogens is 154 g/mol. The summed E-state index contributed by atoms with van der Waals surface area (Å²) in [5.41, 5.74) is 0. The minimum atomic E-state index is -0.128. The van der Waals surface area contributed by atoms with Crippen molar-refractivity contribution in [2.24, 2.45) is 0 Å². The van der Waals surface area contributed by atoms with Crippen molar-refractivity contribution in [1.29, 1.82) is 0 Å². The first-order chi connectivity index (χ1) is 5.88. The van der Waals surface area contributed by atoms with Gasteiger partial charge in [-0.15, -0.1) is 0 Å². The van der Waals surface area contributed by atoms with Crippen molar-refractivity contribution in [2.75, 3.05) is 19.7 Å². The molecule has 0 aromatic carbocycles. The van der Waals surface area contributed by atoms with Crippen LogP contribution in [0.2, 0.25) is 0 Å². The Balaban J connectivity index is 1.90. The molecule has 0 aromatic rings. The first-order valence-corrected chi connectivity index (χ1v) is 4.43. The van der Waals surface area contributed by atoms with Crippen LogP contribution in [0.1, 0.15) is 12.8 Å². The number of hydrogen-bond donors (Lipinski definition) is 0. The number of nitrogens with zero attached hydrogens (tertiary/aromatic N) is 1. The molecule has 0 bridgehead atoms. The molecule has 2 rings (SSSR count). The second-order valence-corrected chi connectivity index (χ2v) is 3.19. The fraction of sp³-hybridized carbons (Fsp3) is 0.667. The zero-order valence-corrected chi connectivity index (χ0v) is 7.03. The zero-order valence-electron chi connectivity index (χ0n) is 7.03. The van der Waals surface area contributed by atoms with Gasteiger partial charge in [0.15, 0.2) is 0 Å². The van der Waals surface area contributed by atoms with Gasteiger partial charge in [-0.1, -0.05) is 12.2 Å². The van der Waals surface area contributed by atoms with Gasteiger partial charge in [-0.3, -0.25) is 4.79 Å². The Kier molecular flexibility index (Phi) is 2.13. The van der Waals surface area contributed by atoms with Gasteiger partial charge in [-0.2, -0.15) is 0 Å². The highest BCUT2D eigenvalue weighted by atomic mass is 16.5. The molecule has 2 aliphatic heterocycles. The quantitative estimate of drug-likeness (QED) is 0.534. The Morgan fingerprint density at radius 2 is 2.33 bits per heavy atom. The maximum atomic E-state index is 11.5. The van der Waals surface area contributed by atoms with Crippen LogP contribution in [0.3, 0.4) is 0 Å². The molecule has 0 N–H and O–H groups in total. The highest BCUT2D eigenvalue weighted by molar-refractivity contribution is 5.81. The number of hydrogen-bond acceptors (Lipinski definition) is 2. The van der Waals surface area contributed by atoms with E-state index in [9.17, 15) is 4.79 Å². The number of rotatable bonds is 1. The second kappa shape index (κ2) is 3.27. The average molecular weight is 167 g/mol. The van der Waals surface area contributed by atoms with E-state index in [1.165, 1.54) is 0 Å². The van der Waals surface area contributed by atoms with Crippen molar-refractivity contribution in [3.05, 3.63) is 12.2 Å². The van der Waals surface area contributed by atoms with Gasteiger partial charge in [-0.05, 0) is 6.42 Å². The molecule has 12 heavy (non-hydrogen) atoms. The molecule has 1 atom stereocenters.